The van der Waals surface area contributed by atoms with Crippen LogP contribution in [0.2, 0.25) is 0 Å². The third-order valence-corrected chi connectivity index (χ3v) is 7.31. The van der Waals surface area contributed by atoms with Crippen molar-refractivity contribution in [1.29, 1.82) is 0 Å². The third-order valence-electron chi connectivity index (χ3n) is 5.42. The Balaban J connectivity index is 1.83. The molecule has 1 fully saturated rings. The molecule has 1 saturated heterocycles. The molecule has 0 spiro atoms. The Labute approximate surface area is 176 Å². The van der Waals surface area contributed by atoms with Gasteiger partial charge in [-0.15, -0.1) is 0 Å². The number of nitrogens with two attached hydrogens (primary N) is 1. The number of carbonyl (C=O) groups excluding carboxylic acids is 2. The molecular formula is C22H26N2O5S. The monoisotopic (exact) mass is 430 g/mol. The van der Waals surface area contributed by atoms with Crippen LogP contribution in [0.25, 0.3) is 0 Å². The molecule has 1 aliphatic heterocycles. The zero-order chi connectivity index (χ0) is 22.1. The molecule has 7 nitrogen and oxygen atoms in total. The van der Waals surface area contributed by atoms with Gasteiger partial charge < -0.3 is 10.5 Å². The Kier molecular flexibility index (Phi) is 6.28. The fourth-order valence-electron chi connectivity index (χ4n) is 3.55. The van der Waals surface area contributed by atoms with Gasteiger partial charge in [-0.25, -0.2) is 8.42 Å². The number of nitrogens with zero attached hydrogens (tertiary/aromatic N) is 1. The van der Waals surface area contributed by atoms with Crippen molar-refractivity contribution >= 4 is 21.7 Å². The van der Waals surface area contributed by atoms with Crippen LogP contribution in [-0.2, 0) is 10.0 Å². The standard InChI is InChI=1S/C22H26N2O5S/c1-14-10-16(3)18(11-15(14)2)20(25)13-29-21-7-6-17(12-19(21)22(23)26)30(27,28)24-8-4-5-9-24/h6-7,10-12H,4-5,8-9,13H2,1-3H3,(H2,23,26). The molecule has 0 radical (unpaired) electrons. The van der Waals surface area contributed by atoms with Crippen LogP contribution in [-0.4, -0.2) is 44.1 Å². The Morgan fingerprint density at radius 3 is 2.23 bits per heavy atom. The SMILES string of the molecule is Cc1cc(C)c(C(=O)COc2ccc(S(=O)(=O)N3CCCC3)cc2C(N)=O)cc1C. The van der Waals surface area contributed by atoms with Gasteiger partial charge in [0.15, 0.2) is 12.4 Å². The van der Waals surface area contributed by atoms with Crippen LogP contribution in [0.4, 0.5) is 0 Å². The molecule has 3 rings (SSSR count). The first-order valence-electron chi connectivity index (χ1n) is 9.79. The number of ether oxygens (including phenoxy) is 1. The van der Waals surface area contributed by atoms with Crippen LogP contribution in [0.15, 0.2) is 35.2 Å². The summed E-state index contributed by atoms with van der Waals surface area (Å²) < 4.78 is 32.5. The number of amides is 1. The van der Waals surface area contributed by atoms with Gasteiger partial charge in [0.05, 0.1) is 10.5 Å². The molecule has 30 heavy (non-hydrogen) atoms. The molecule has 1 aliphatic rings. The molecule has 8 heteroatoms. The van der Waals surface area contributed by atoms with Gasteiger partial charge in [-0.2, -0.15) is 4.31 Å². The molecule has 0 aromatic heterocycles. The van der Waals surface area contributed by atoms with Crippen LogP contribution in [0, 0.1) is 20.8 Å². The van der Waals surface area contributed by atoms with Crippen LogP contribution >= 0.6 is 0 Å². The number of benzene rings is 2. The van der Waals surface area contributed by atoms with E-state index in [0.717, 1.165) is 29.5 Å². The molecule has 1 amide bonds. The summed E-state index contributed by atoms with van der Waals surface area (Å²) in [7, 11) is -3.70. The molecule has 0 atom stereocenters. The summed E-state index contributed by atoms with van der Waals surface area (Å²) >= 11 is 0. The number of Topliss-reactive ketones (excluding diaryl/α,β-unsaturated/α-hetero) is 1. The molecule has 0 saturated carbocycles. The van der Waals surface area contributed by atoms with E-state index >= 15 is 0 Å². The number of rotatable bonds is 7. The highest BCUT2D eigenvalue weighted by Gasteiger charge is 2.28. The van der Waals surface area contributed by atoms with Crippen LogP contribution in [0.5, 0.6) is 5.75 Å². The second-order valence-electron chi connectivity index (χ2n) is 7.60. The van der Waals surface area contributed by atoms with E-state index in [1.165, 1.54) is 22.5 Å². The third kappa shape index (κ3) is 4.39. The number of sulfonamides is 1. The van der Waals surface area contributed by atoms with E-state index < -0.39 is 15.9 Å². The second kappa shape index (κ2) is 8.57. The van der Waals surface area contributed by atoms with E-state index in [1.54, 1.807) is 0 Å². The fourth-order valence-corrected chi connectivity index (χ4v) is 5.09. The van der Waals surface area contributed by atoms with Crippen LogP contribution in [0.1, 0.15) is 50.2 Å². The second-order valence-corrected chi connectivity index (χ2v) is 9.53. The van der Waals surface area contributed by atoms with E-state index in [1.807, 2.05) is 32.9 Å². The lowest BCUT2D eigenvalue weighted by Crippen LogP contribution is -2.28. The normalized spacial score (nSPS) is 14.6. The Morgan fingerprint density at radius 1 is 0.967 bits per heavy atom. The average Bonchev–Trinajstić information content (AvgIpc) is 3.24. The average molecular weight is 431 g/mol. The Hall–Kier alpha value is -2.71. The van der Waals surface area contributed by atoms with Gasteiger partial charge in [-0.05, 0) is 74.6 Å². The summed E-state index contributed by atoms with van der Waals surface area (Å²) in [6.07, 6.45) is 1.62. The van der Waals surface area contributed by atoms with Gasteiger partial charge in [0.2, 0.25) is 10.0 Å². The lowest BCUT2D eigenvalue weighted by atomic mass is 9.98. The molecule has 0 bridgehead atoms. The smallest absolute Gasteiger partial charge is 0.252 e. The van der Waals surface area contributed by atoms with E-state index in [2.05, 4.69) is 0 Å². The maximum absolute atomic E-state index is 12.7. The van der Waals surface area contributed by atoms with Crippen molar-refractivity contribution in [2.75, 3.05) is 19.7 Å². The first-order chi connectivity index (χ1) is 14.1. The van der Waals surface area contributed by atoms with Gasteiger partial charge in [-0.3, -0.25) is 9.59 Å². The number of ketones is 1. The molecule has 0 aliphatic carbocycles. The molecule has 160 valence electrons. The zero-order valence-electron chi connectivity index (χ0n) is 17.4. The van der Waals surface area contributed by atoms with E-state index in [4.69, 9.17) is 10.5 Å². The van der Waals surface area contributed by atoms with Crippen molar-refractivity contribution in [3.05, 3.63) is 58.1 Å². The number of aryl methyl sites for hydroxylation is 3. The highest BCUT2D eigenvalue weighted by atomic mass is 32.2. The van der Waals surface area contributed by atoms with Crippen LogP contribution in [0.3, 0.4) is 0 Å². The van der Waals surface area contributed by atoms with E-state index in [0.29, 0.717) is 18.7 Å². The largest absolute Gasteiger partial charge is 0.485 e. The minimum Gasteiger partial charge on any atom is -0.485 e. The van der Waals surface area contributed by atoms with Crippen molar-refractivity contribution in [2.45, 2.75) is 38.5 Å². The first-order valence-corrected chi connectivity index (χ1v) is 11.2. The summed E-state index contributed by atoms with van der Waals surface area (Å²) in [5, 5.41) is 0. The fraction of sp³-hybridized carbons (Fsp3) is 0.364. The Morgan fingerprint density at radius 2 is 1.60 bits per heavy atom. The maximum atomic E-state index is 12.7. The van der Waals surface area contributed by atoms with Crippen molar-refractivity contribution < 1.29 is 22.7 Å². The molecule has 1 heterocycles. The van der Waals surface area contributed by atoms with E-state index in [9.17, 15) is 18.0 Å². The van der Waals surface area contributed by atoms with Gasteiger partial charge >= 0.3 is 0 Å². The van der Waals surface area contributed by atoms with Crippen molar-refractivity contribution in [3.8, 4) is 5.75 Å². The highest BCUT2D eigenvalue weighted by molar-refractivity contribution is 7.89. The molecule has 2 aromatic rings. The van der Waals surface area contributed by atoms with Crippen LogP contribution < -0.4 is 10.5 Å². The number of carbonyl (C=O) groups is 2. The summed E-state index contributed by atoms with van der Waals surface area (Å²) in [5.41, 5.74) is 8.86. The van der Waals surface area contributed by atoms with Gasteiger partial charge in [0, 0.05) is 18.7 Å². The van der Waals surface area contributed by atoms with Gasteiger partial charge in [0.25, 0.3) is 5.91 Å². The molecule has 2 N–H and O–H groups in total. The topological polar surface area (TPSA) is 107 Å². The number of primary amides is 1. The number of hydrogen-bond donors (Lipinski definition) is 1. The van der Waals surface area contributed by atoms with Crippen molar-refractivity contribution in [1.82, 2.24) is 4.31 Å². The predicted molar refractivity (Wildman–Crippen MR) is 113 cm³/mol. The summed E-state index contributed by atoms with van der Waals surface area (Å²) in [6, 6.07) is 7.73. The van der Waals surface area contributed by atoms with Gasteiger partial charge in [-0.1, -0.05) is 6.07 Å². The molecule has 2 aromatic carbocycles. The molecular weight excluding hydrogens is 404 g/mol. The lowest BCUT2D eigenvalue weighted by molar-refractivity contribution is 0.0911. The van der Waals surface area contributed by atoms with E-state index in [-0.39, 0.29) is 28.6 Å². The van der Waals surface area contributed by atoms with Crippen molar-refractivity contribution in [3.63, 3.8) is 0 Å². The predicted octanol–water partition coefficient (Wildman–Crippen LogP) is 2.76. The zero-order valence-corrected chi connectivity index (χ0v) is 18.2. The Bertz CT molecular complexity index is 1100. The quantitative estimate of drug-likeness (QED) is 0.680. The first kappa shape index (κ1) is 22.0. The number of hydrogen-bond acceptors (Lipinski definition) is 5. The minimum absolute atomic E-state index is 0.0121. The summed E-state index contributed by atoms with van der Waals surface area (Å²) in [6.45, 7) is 6.38. The summed E-state index contributed by atoms with van der Waals surface area (Å²) in [5.74, 6) is -0.976. The molecule has 0 unspecified atom stereocenters. The minimum atomic E-state index is -3.70. The highest BCUT2D eigenvalue weighted by Crippen LogP contribution is 2.27. The van der Waals surface area contributed by atoms with Gasteiger partial charge in [0.1, 0.15) is 5.75 Å². The van der Waals surface area contributed by atoms with Crippen molar-refractivity contribution in [2.24, 2.45) is 5.73 Å². The summed E-state index contributed by atoms with van der Waals surface area (Å²) in [4.78, 5) is 24.5. The lowest BCUT2D eigenvalue weighted by Gasteiger charge is -2.17. The maximum Gasteiger partial charge on any atom is 0.252 e.